The first-order chi connectivity index (χ1) is 5.07. The SMILES string of the molecule is CC(O)COC1(C(C)C)CC1. The molecule has 0 heterocycles. The van der Waals surface area contributed by atoms with Crippen molar-refractivity contribution in [1.29, 1.82) is 0 Å². The van der Waals surface area contributed by atoms with Gasteiger partial charge in [-0.3, -0.25) is 0 Å². The Balaban J connectivity index is 2.25. The topological polar surface area (TPSA) is 29.5 Å². The smallest absolute Gasteiger partial charge is 0.0745 e. The molecule has 66 valence electrons. The van der Waals surface area contributed by atoms with Crippen LogP contribution in [0.5, 0.6) is 0 Å². The van der Waals surface area contributed by atoms with Crippen LogP contribution in [-0.2, 0) is 4.74 Å². The third kappa shape index (κ3) is 2.17. The standard InChI is InChI=1S/C9H18O2/c1-7(2)9(4-5-9)11-6-8(3)10/h7-8,10H,4-6H2,1-3H3. The molecule has 1 aliphatic carbocycles. The number of hydrogen-bond donors (Lipinski definition) is 1. The average Bonchev–Trinajstić information content (AvgIpc) is 2.63. The van der Waals surface area contributed by atoms with Crippen LogP contribution in [0, 0.1) is 5.92 Å². The summed E-state index contributed by atoms with van der Waals surface area (Å²) in [4.78, 5) is 0. The summed E-state index contributed by atoms with van der Waals surface area (Å²) in [5, 5.41) is 9.00. The zero-order chi connectivity index (χ0) is 8.48. The molecule has 1 saturated carbocycles. The predicted octanol–water partition coefficient (Wildman–Crippen LogP) is 1.57. The van der Waals surface area contributed by atoms with Gasteiger partial charge in [0.15, 0.2) is 0 Å². The minimum atomic E-state index is -0.328. The highest BCUT2D eigenvalue weighted by molar-refractivity contribution is 4.98. The van der Waals surface area contributed by atoms with Gasteiger partial charge in [-0.1, -0.05) is 13.8 Å². The Morgan fingerprint density at radius 2 is 1.91 bits per heavy atom. The molecule has 0 spiro atoms. The summed E-state index contributed by atoms with van der Waals surface area (Å²) in [5.74, 6) is 0.584. The number of aliphatic hydroxyl groups excluding tert-OH is 1. The van der Waals surface area contributed by atoms with E-state index in [1.807, 2.05) is 0 Å². The van der Waals surface area contributed by atoms with Crippen LogP contribution in [0.15, 0.2) is 0 Å². The zero-order valence-electron chi connectivity index (χ0n) is 7.63. The van der Waals surface area contributed by atoms with Crippen molar-refractivity contribution in [1.82, 2.24) is 0 Å². The van der Waals surface area contributed by atoms with E-state index < -0.39 is 0 Å². The maximum Gasteiger partial charge on any atom is 0.0745 e. The lowest BCUT2D eigenvalue weighted by molar-refractivity contribution is -0.0398. The van der Waals surface area contributed by atoms with Crippen molar-refractivity contribution in [3.63, 3.8) is 0 Å². The van der Waals surface area contributed by atoms with Crippen LogP contribution >= 0.6 is 0 Å². The van der Waals surface area contributed by atoms with Crippen LogP contribution in [-0.4, -0.2) is 23.4 Å². The highest BCUT2D eigenvalue weighted by atomic mass is 16.5. The van der Waals surface area contributed by atoms with Gasteiger partial charge in [0.1, 0.15) is 0 Å². The van der Waals surface area contributed by atoms with Crippen molar-refractivity contribution >= 4 is 0 Å². The van der Waals surface area contributed by atoms with Gasteiger partial charge >= 0.3 is 0 Å². The van der Waals surface area contributed by atoms with Crippen LogP contribution in [0.4, 0.5) is 0 Å². The summed E-state index contributed by atoms with van der Waals surface area (Å²) >= 11 is 0. The fourth-order valence-electron chi connectivity index (χ4n) is 1.30. The van der Waals surface area contributed by atoms with Crippen molar-refractivity contribution in [2.75, 3.05) is 6.61 Å². The fourth-order valence-corrected chi connectivity index (χ4v) is 1.30. The van der Waals surface area contributed by atoms with Gasteiger partial charge < -0.3 is 9.84 Å². The van der Waals surface area contributed by atoms with Crippen molar-refractivity contribution < 1.29 is 9.84 Å². The van der Waals surface area contributed by atoms with Crippen LogP contribution in [0.2, 0.25) is 0 Å². The molecule has 1 rings (SSSR count). The fraction of sp³-hybridized carbons (Fsp3) is 1.00. The molecule has 1 aliphatic rings. The van der Waals surface area contributed by atoms with E-state index in [0.29, 0.717) is 12.5 Å². The molecule has 0 aromatic heterocycles. The summed E-state index contributed by atoms with van der Waals surface area (Å²) < 4.78 is 5.61. The average molecular weight is 158 g/mol. The highest BCUT2D eigenvalue weighted by Crippen LogP contribution is 2.45. The molecule has 1 unspecified atom stereocenters. The van der Waals surface area contributed by atoms with E-state index in [2.05, 4.69) is 13.8 Å². The summed E-state index contributed by atoms with van der Waals surface area (Å²) in [6, 6.07) is 0. The Labute approximate surface area is 68.6 Å². The Bertz CT molecular complexity index is 126. The monoisotopic (exact) mass is 158 g/mol. The van der Waals surface area contributed by atoms with Gasteiger partial charge in [0.05, 0.1) is 18.3 Å². The molecule has 0 radical (unpaired) electrons. The second-order valence-corrected chi connectivity index (χ2v) is 3.88. The Morgan fingerprint density at radius 3 is 2.18 bits per heavy atom. The molecule has 1 atom stereocenters. The molecule has 2 nitrogen and oxygen atoms in total. The third-order valence-corrected chi connectivity index (χ3v) is 2.41. The quantitative estimate of drug-likeness (QED) is 0.673. The van der Waals surface area contributed by atoms with Crippen molar-refractivity contribution in [3.05, 3.63) is 0 Å². The van der Waals surface area contributed by atoms with Crippen molar-refractivity contribution in [2.45, 2.75) is 45.3 Å². The maximum atomic E-state index is 9.00. The zero-order valence-corrected chi connectivity index (χ0v) is 7.63. The normalized spacial score (nSPS) is 23.7. The largest absolute Gasteiger partial charge is 0.391 e. The van der Waals surface area contributed by atoms with Gasteiger partial charge in [0, 0.05) is 0 Å². The molecular weight excluding hydrogens is 140 g/mol. The summed E-state index contributed by atoms with van der Waals surface area (Å²) in [6.07, 6.45) is 2.00. The van der Waals surface area contributed by atoms with Gasteiger partial charge in [-0.2, -0.15) is 0 Å². The van der Waals surface area contributed by atoms with Crippen LogP contribution in [0.1, 0.15) is 33.6 Å². The van der Waals surface area contributed by atoms with E-state index in [1.165, 1.54) is 0 Å². The van der Waals surface area contributed by atoms with Crippen LogP contribution < -0.4 is 0 Å². The molecule has 0 aromatic rings. The van der Waals surface area contributed by atoms with Gasteiger partial charge in [0.2, 0.25) is 0 Å². The van der Waals surface area contributed by atoms with Gasteiger partial charge in [-0.05, 0) is 25.7 Å². The molecular formula is C9H18O2. The molecule has 2 heteroatoms. The minimum Gasteiger partial charge on any atom is -0.391 e. The molecule has 0 aromatic carbocycles. The summed E-state index contributed by atoms with van der Waals surface area (Å²) in [6.45, 7) is 6.60. The van der Waals surface area contributed by atoms with Gasteiger partial charge in [-0.25, -0.2) is 0 Å². The number of ether oxygens (including phenoxy) is 1. The Morgan fingerprint density at radius 1 is 1.36 bits per heavy atom. The first-order valence-corrected chi connectivity index (χ1v) is 4.39. The minimum absolute atomic E-state index is 0.122. The van der Waals surface area contributed by atoms with Crippen LogP contribution in [0.3, 0.4) is 0 Å². The third-order valence-electron chi connectivity index (χ3n) is 2.41. The van der Waals surface area contributed by atoms with Crippen molar-refractivity contribution in [3.8, 4) is 0 Å². The van der Waals surface area contributed by atoms with E-state index in [4.69, 9.17) is 9.84 Å². The van der Waals surface area contributed by atoms with Crippen molar-refractivity contribution in [2.24, 2.45) is 5.92 Å². The molecule has 1 N–H and O–H groups in total. The van der Waals surface area contributed by atoms with Gasteiger partial charge in [0.25, 0.3) is 0 Å². The lowest BCUT2D eigenvalue weighted by Crippen LogP contribution is -2.25. The lowest BCUT2D eigenvalue weighted by Gasteiger charge is -2.21. The summed E-state index contributed by atoms with van der Waals surface area (Å²) in [5.41, 5.74) is 0.122. The van der Waals surface area contributed by atoms with E-state index >= 15 is 0 Å². The molecule has 0 aliphatic heterocycles. The Hall–Kier alpha value is -0.0800. The van der Waals surface area contributed by atoms with E-state index in [0.717, 1.165) is 12.8 Å². The predicted molar refractivity (Wildman–Crippen MR) is 44.4 cm³/mol. The molecule has 0 amide bonds. The molecule has 11 heavy (non-hydrogen) atoms. The molecule has 0 bridgehead atoms. The second-order valence-electron chi connectivity index (χ2n) is 3.88. The lowest BCUT2D eigenvalue weighted by atomic mass is 10.1. The first-order valence-electron chi connectivity index (χ1n) is 4.39. The highest BCUT2D eigenvalue weighted by Gasteiger charge is 2.46. The van der Waals surface area contributed by atoms with Crippen LogP contribution in [0.25, 0.3) is 0 Å². The summed E-state index contributed by atoms with van der Waals surface area (Å²) in [7, 11) is 0. The number of hydrogen-bond acceptors (Lipinski definition) is 2. The molecule has 1 fully saturated rings. The Kier molecular flexibility index (Phi) is 2.55. The maximum absolute atomic E-state index is 9.00. The first kappa shape index (κ1) is 9.01. The molecule has 0 saturated heterocycles. The van der Waals surface area contributed by atoms with Gasteiger partial charge in [-0.15, -0.1) is 0 Å². The number of aliphatic hydroxyl groups is 1. The number of rotatable bonds is 4. The van der Waals surface area contributed by atoms with E-state index in [-0.39, 0.29) is 11.7 Å². The van der Waals surface area contributed by atoms with E-state index in [9.17, 15) is 0 Å². The second kappa shape index (κ2) is 3.11. The van der Waals surface area contributed by atoms with E-state index in [1.54, 1.807) is 6.92 Å².